The average molecular weight is 358 g/mol. The van der Waals surface area contributed by atoms with Crippen LogP contribution in [0.2, 0.25) is 5.02 Å². The largest absolute Gasteiger partial charge is 0.365 e. The Labute approximate surface area is 154 Å². The summed E-state index contributed by atoms with van der Waals surface area (Å²) in [6, 6.07) is 14.3. The molecule has 0 bridgehead atoms. The molecule has 1 atom stereocenters. The fourth-order valence-corrected chi connectivity index (χ4v) is 3.36. The summed E-state index contributed by atoms with van der Waals surface area (Å²) in [5.41, 5.74) is 4.24. The Morgan fingerprint density at radius 1 is 1.12 bits per heavy atom. The molecule has 4 nitrogen and oxygen atoms in total. The highest BCUT2D eigenvalue weighted by Gasteiger charge is 2.27. The second-order valence-electron chi connectivity index (χ2n) is 6.71. The van der Waals surface area contributed by atoms with Gasteiger partial charge in [-0.2, -0.15) is 0 Å². The van der Waals surface area contributed by atoms with Crippen molar-refractivity contribution in [3.8, 4) is 0 Å². The third-order valence-electron chi connectivity index (χ3n) is 4.72. The predicted molar refractivity (Wildman–Crippen MR) is 105 cm³/mol. The number of nitrogens with zero attached hydrogens (tertiary/aromatic N) is 2. The van der Waals surface area contributed by atoms with Crippen molar-refractivity contribution in [3.05, 3.63) is 58.6 Å². The van der Waals surface area contributed by atoms with Gasteiger partial charge in [-0.1, -0.05) is 35.4 Å². The molecule has 25 heavy (non-hydrogen) atoms. The summed E-state index contributed by atoms with van der Waals surface area (Å²) in [6.45, 7) is 8.43. The van der Waals surface area contributed by atoms with E-state index in [4.69, 9.17) is 11.6 Å². The Kier molecular flexibility index (Phi) is 5.19. The van der Waals surface area contributed by atoms with Gasteiger partial charge in [0.25, 0.3) is 0 Å². The molecule has 1 aliphatic heterocycles. The number of anilines is 2. The highest BCUT2D eigenvalue weighted by Crippen LogP contribution is 2.23. The molecule has 1 fully saturated rings. The smallest absolute Gasteiger partial charge is 0.321 e. The van der Waals surface area contributed by atoms with E-state index in [1.165, 1.54) is 11.3 Å². The lowest BCUT2D eigenvalue weighted by Crippen LogP contribution is -2.54. The van der Waals surface area contributed by atoms with E-state index in [9.17, 15) is 4.79 Å². The molecular weight excluding hydrogens is 334 g/mol. The number of carbonyl (C=O) groups is 1. The van der Waals surface area contributed by atoms with Crippen LogP contribution in [0.5, 0.6) is 0 Å². The molecule has 0 spiro atoms. The molecule has 3 rings (SSSR count). The SMILES string of the molecule is Cc1ccc(N2CCN(C(=O)Nc3cc(Cl)ccc3C)CC2C)cc1. The number of halogens is 1. The minimum absolute atomic E-state index is 0.0687. The maximum atomic E-state index is 12.6. The second kappa shape index (κ2) is 7.36. The Morgan fingerprint density at radius 3 is 2.52 bits per heavy atom. The number of amides is 2. The van der Waals surface area contributed by atoms with Crippen LogP contribution in [0.25, 0.3) is 0 Å². The van der Waals surface area contributed by atoms with Gasteiger partial charge in [0, 0.05) is 42.1 Å². The first kappa shape index (κ1) is 17.6. The normalized spacial score (nSPS) is 17.5. The van der Waals surface area contributed by atoms with Gasteiger partial charge in [-0.15, -0.1) is 0 Å². The van der Waals surface area contributed by atoms with Gasteiger partial charge < -0.3 is 15.1 Å². The summed E-state index contributed by atoms with van der Waals surface area (Å²) >= 11 is 6.04. The van der Waals surface area contributed by atoms with Crippen molar-refractivity contribution in [2.75, 3.05) is 29.9 Å². The minimum Gasteiger partial charge on any atom is -0.365 e. The lowest BCUT2D eigenvalue weighted by Gasteiger charge is -2.41. The number of benzene rings is 2. The summed E-state index contributed by atoms with van der Waals surface area (Å²) in [6.07, 6.45) is 0. The lowest BCUT2D eigenvalue weighted by atomic mass is 10.1. The summed E-state index contributed by atoms with van der Waals surface area (Å²) in [5.74, 6) is 0. The fourth-order valence-electron chi connectivity index (χ4n) is 3.19. The Balaban J connectivity index is 1.65. The van der Waals surface area contributed by atoms with Crippen LogP contribution in [-0.4, -0.2) is 36.6 Å². The summed E-state index contributed by atoms with van der Waals surface area (Å²) in [7, 11) is 0. The molecule has 1 saturated heterocycles. The van der Waals surface area contributed by atoms with Crippen LogP contribution in [0, 0.1) is 13.8 Å². The van der Waals surface area contributed by atoms with Crippen LogP contribution >= 0.6 is 11.6 Å². The third-order valence-corrected chi connectivity index (χ3v) is 4.96. The van der Waals surface area contributed by atoms with Crippen LogP contribution in [0.3, 0.4) is 0 Å². The fraction of sp³-hybridized carbons (Fsp3) is 0.350. The van der Waals surface area contributed by atoms with Crippen LogP contribution in [0.1, 0.15) is 18.1 Å². The third kappa shape index (κ3) is 4.07. The van der Waals surface area contributed by atoms with E-state index < -0.39 is 0 Å². The zero-order chi connectivity index (χ0) is 18.0. The van der Waals surface area contributed by atoms with Gasteiger partial charge >= 0.3 is 6.03 Å². The Hall–Kier alpha value is -2.20. The highest BCUT2D eigenvalue weighted by molar-refractivity contribution is 6.31. The maximum absolute atomic E-state index is 12.6. The van der Waals surface area contributed by atoms with Crippen molar-refractivity contribution in [2.45, 2.75) is 26.8 Å². The van der Waals surface area contributed by atoms with E-state index in [2.05, 4.69) is 48.3 Å². The van der Waals surface area contributed by atoms with Crippen LogP contribution < -0.4 is 10.2 Å². The number of piperazine rings is 1. The molecule has 0 aliphatic carbocycles. The number of urea groups is 1. The molecule has 5 heteroatoms. The van der Waals surface area contributed by atoms with Crippen molar-refractivity contribution < 1.29 is 4.79 Å². The molecule has 0 radical (unpaired) electrons. The molecule has 1 unspecified atom stereocenters. The summed E-state index contributed by atoms with van der Waals surface area (Å²) in [4.78, 5) is 16.8. The number of hydrogen-bond acceptors (Lipinski definition) is 2. The standard InChI is InChI=1S/C20H24ClN3O/c1-14-4-8-18(9-5-14)24-11-10-23(13-16(24)3)20(25)22-19-12-17(21)7-6-15(19)2/h4-9,12,16H,10-11,13H2,1-3H3,(H,22,25). The summed E-state index contributed by atoms with van der Waals surface area (Å²) in [5, 5.41) is 3.61. The topological polar surface area (TPSA) is 35.6 Å². The van der Waals surface area contributed by atoms with Crippen molar-refractivity contribution in [2.24, 2.45) is 0 Å². The molecule has 1 heterocycles. The average Bonchev–Trinajstić information content (AvgIpc) is 2.59. The van der Waals surface area contributed by atoms with E-state index in [-0.39, 0.29) is 12.1 Å². The number of aryl methyl sites for hydroxylation is 2. The molecule has 0 saturated carbocycles. The van der Waals surface area contributed by atoms with Gasteiger partial charge in [0.15, 0.2) is 0 Å². The molecule has 2 aromatic rings. The van der Waals surface area contributed by atoms with Crippen molar-refractivity contribution in [1.29, 1.82) is 0 Å². The van der Waals surface area contributed by atoms with Crippen molar-refractivity contribution >= 4 is 29.0 Å². The van der Waals surface area contributed by atoms with Crippen molar-refractivity contribution in [1.82, 2.24) is 4.90 Å². The number of hydrogen-bond donors (Lipinski definition) is 1. The summed E-state index contributed by atoms with van der Waals surface area (Å²) < 4.78 is 0. The molecule has 2 aromatic carbocycles. The highest BCUT2D eigenvalue weighted by atomic mass is 35.5. The van der Waals surface area contributed by atoms with Crippen LogP contribution in [0.15, 0.2) is 42.5 Å². The van der Waals surface area contributed by atoms with E-state index in [1.54, 1.807) is 6.07 Å². The zero-order valence-corrected chi connectivity index (χ0v) is 15.7. The molecule has 0 aromatic heterocycles. The van der Waals surface area contributed by atoms with E-state index in [0.29, 0.717) is 18.1 Å². The molecule has 2 amide bonds. The van der Waals surface area contributed by atoms with E-state index in [0.717, 1.165) is 17.8 Å². The van der Waals surface area contributed by atoms with Gasteiger partial charge in [0.2, 0.25) is 0 Å². The first-order valence-corrected chi connectivity index (χ1v) is 8.97. The minimum atomic E-state index is -0.0687. The van der Waals surface area contributed by atoms with Crippen LogP contribution in [-0.2, 0) is 0 Å². The number of nitrogens with one attached hydrogen (secondary N) is 1. The van der Waals surface area contributed by atoms with Gasteiger partial charge in [0.05, 0.1) is 0 Å². The predicted octanol–water partition coefficient (Wildman–Crippen LogP) is 4.70. The van der Waals surface area contributed by atoms with Gasteiger partial charge in [-0.25, -0.2) is 4.79 Å². The first-order valence-electron chi connectivity index (χ1n) is 8.59. The van der Waals surface area contributed by atoms with E-state index in [1.807, 2.05) is 24.0 Å². The Morgan fingerprint density at radius 2 is 1.84 bits per heavy atom. The molecule has 1 aliphatic rings. The Bertz CT molecular complexity index is 760. The van der Waals surface area contributed by atoms with Crippen molar-refractivity contribution in [3.63, 3.8) is 0 Å². The quantitative estimate of drug-likeness (QED) is 0.845. The first-order chi connectivity index (χ1) is 11.9. The molecule has 132 valence electrons. The zero-order valence-electron chi connectivity index (χ0n) is 14.9. The maximum Gasteiger partial charge on any atom is 0.321 e. The van der Waals surface area contributed by atoms with Gasteiger partial charge in [0.1, 0.15) is 0 Å². The number of rotatable bonds is 2. The molecule has 1 N–H and O–H groups in total. The second-order valence-corrected chi connectivity index (χ2v) is 7.15. The van der Waals surface area contributed by atoms with Gasteiger partial charge in [-0.3, -0.25) is 0 Å². The number of carbonyl (C=O) groups excluding carboxylic acids is 1. The van der Waals surface area contributed by atoms with E-state index >= 15 is 0 Å². The monoisotopic (exact) mass is 357 g/mol. The van der Waals surface area contributed by atoms with Gasteiger partial charge in [-0.05, 0) is 50.6 Å². The molecular formula is C20H24ClN3O. The van der Waals surface area contributed by atoms with Crippen LogP contribution in [0.4, 0.5) is 16.2 Å². The lowest BCUT2D eigenvalue weighted by molar-refractivity contribution is 0.200.